The predicted octanol–water partition coefficient (Wildman–Crippen LogP) is 3.93. The number of hydrogen-bond donors (Lipinski definition) is 2. The summed E-state index contributed by atoms with van der Waals surface area (Å²) in [5, 5.41) is 6.49. The van der Waals surface area contributed by atoms with Gasteiger partial charge in [-0.05, 0) is 58.9 Å². The second-order valence-corrected chi connectivity index (χ2v) is 8.86. The molecule has 0 saturated carbocycles. The van der Waals surface area contributed by atoms with E-state index >= 15 is 0 Å². The lowest BCUT2D eigenvalue weighted by molar-refractivity contribution is 0.0616. The van der Waals surface area contributed by atoms with E-state index in [1.807, 2.05) is 37.2 Å². The number of nitrogens with one attached hydrogen (secondary N) is 2. The van der Waals surface area contributed by atoms with E-state index in [-0.39, 0.29) is 35.7 Å². The average molecular weight is 452 g/mol. The number of hydrogen-bond acceptors (Lipinski definition) is 6. The number of rotatable bonds is 5. The van der Waals surface area contributed by atoms with Crippen LogP contribution in [0.2, 0.25) is 0 Å². The fourth-order valence-electron chi connectivity index (χ4n) is 4.18. The lowest BCUT2D eigenvalue weighted by Crippen LogP contribution is -2.56. The van der Waals surface area contributed by atoms with Crippen molar-refractivity contribution < 1.29 is 9.18 Å². The van der Waals surface area contributed by atoms with E-state index in [9.17, 15) is 9.18 Å². The molecule has 2 N–H and O–H groups in total. The van der Waals surface area contributed by atoms with Crippen LogP contribution in [0.1, 0.15) is 49.9 Å². The van der Waals surface area contributed by atoms with E-state index in [0.717, 1.165) is 18.6 Å². The van der Waals surface area contributed by atoms with Gasteiger partial charge in [-0.1, -0.05) is 0 Å². The topological polar surface area (TPSA) is 88.0 Å². The monoisotopic (exact) mass is 451 g/mol. The highest BCUT2D eigenvalue weighted by molar-refractivity contribution is 5.95. The Morgan fingerprint density at radius 2 is 1.91 bits per heavy atom. The SMILES string of the molecule is Cc1ncc(-c2nc(Nc3ccc(C(=O)N4C[C@@H](C)NC[C@@H]4C)cc3)ncc2F)n1C(C)C. The molecule has 0 radical (unpaired) electrons. The Balaban J connectivity index is 1.53. The van der Waals surface area contributed by atoms with Crippen molar-refractivity contribution in [3.8, 4) is 11.4 Å². The predicted molar refractivity (Wildman–Crippen MR) is 126 cm³/mol. The zero-order valence-corrected chi connectivity index (χ0v) is 19.6. The van der Waals surface area contributed by atoms with Gasteiger partial charge < -0.3 is 20.1 Å². The summed E-state index contributed by atoms with van der Waals surface area (Å²) in [6.45, 7) is 11.5. The molecule has 8 nitrogen and oxygen atoms in total. The number of benzene rings is 1. The van der Waals surface area contributed by atoms with Gasteiger partial charge in [0, 0.05) is 42.5 Å². The number of aryl methyl sites for hydroxylation is 1. The van der Waals surface area contributed by atoms with Crippen molar-refractivity contribution >= 4 is 17.5 Å². The van der Waals surface area contributed by atoms with E-state index in [1.165, 1.54) is 0 Å². The molecule has 33 heavy (non-hydrogen) atoms. The fourth-order valence-corrected chi connectivity index (χ4v) is 4.18. The van der Waals surface area contributed by atoms with Gasteiger partial charge >= 0.3 is 0 Å². The Kier molecular flexibility index (Phi) is 6.42. The molecule has 1 aromatic carbocycles. The van der Waals surface area contributed by atoms with E-state index in [1.54, 1.807) is 30.5 Å². The summed E-state index contributed by atoms with van der Waals surface area (Å²) in [5.74, 6) is 0.563. The third kappa shape index (κ3) is 4.73. The maximum atomic E-state index is 14.6. The van der Waals surface area contributed by atoms with Crippen molar-refractivity contribution in [2.45, 2.75) is 52.7 Å². The van der Waals surface area contributed by atoms with Crippen LogP contribution in [0, 0.1) is 12.7 Å². The zero-order valence-electron chi connectivity index (χ0n) is 19.6. The first-order valence-corrected chi connectivity index (χ1v) is 11.2. The fraction of sp³-hybridized carbons (Fsp3) is 0.417. The van der Waals surface area contributed by atoms with Crippen molar-refractivity contribution in [1.82, 2.24) is 29.7 Å². The van der Waals surface area contributed by atoms with E-state index < -0.39 is 5.82 Å². The molecule has 174 valence electrons. The Morgan fingerprint density at radius 3 is 2.61 bits per heavy atom. The molecule has 1 saturated heterocycles. The summed E-state index contributed by atoms with van der Waals surface area (Å²) in [4.78, 5) is 27.7. The van der Waals surface area contributed by atoms with Crippen LogP contribution in [0.3, 0.4) is 0 Å². The Morgan fingerprint density at radius 1 is 1.18 bits per heavy atom. The van der Waals surface area contributed by atoms with Gasteiger partial charge in [-0.25, -0.2) is 19.3 Å². The van der Waals surface area contributed by atoms with Gasteiger partial charge in [-0.15, -0.1) is 0 Å². The second kappa shape index (κ2) is 9.27. The molecule has 3 heterocycles. The number of amides is 1. The second-order valence-electron chi connectivity index (χ2n) is 8.86. The Hall–Kier alpha value is -3.33. The molecule has 9 heteroatoms. The van der Waals surface area contributed by atoms with Crippen LogP contribution in [0.25, 0.3) is 11.4 Å². The van der Waals surface area contributed by atoms with Gasteiger partial charge in [0.2, 0.25) is 5.95 Å². The van der Waals surface area contributed by atoms with Gasteiger partial charge in [-0.2, -0.15) is 0 Å². The highest BCUT2D eigenvalue weighted by Gasteiger charge is 2.27. The summed E-state index contributed by atoms with van der Waals surface area (Å²) < 4.78 is 16.5. The average Bonchev–Trinajstić information content (AvgIpc) is 3.18. The maximum Gasteiger partial charge on any atom is 0.254 e. The molecule has 1 amide bonds. The molecule has 0 aliphatic carbocycles. The molecule has 3 aromatic rings. The number of nitrogens with zero attached hydrogens (tertiary/aromatic N) is 5. The maximum absolute atomic E-state index is 14.6. The third-order valence-electron chi connectivity index (χ3n) is 5.90. The van der Waals surface area contributed by atoms with Crippen LogP contribution in [0.4, 0.5) is 16.0 Å². The number of halogens is 1. The lowest BCUT2D eigenvalue weighted by atomic mass is 10.1. The normalized spacial score (nSPS) is 18.6. The van der Waals surface area contributed by atoms with Crippen molar-refractivity contribution in [1.29, 1.82) is 0 Å². The van der Waals surface area contributed by atoms with Crippen molar-refractivity contribution in [2.75, 3.05) is 18.4 Å². The van der Waals surface area contributed by atoms with Gasteiger partial charge in [0.25, 0.3) is 5.91 Å². The van der Waals surface area contributed by atoms with E-state index in [0.29, 0.717) is 23.5 Å². The van der Waals surface area contributed by atoms with Crippen LogP contribution in [0.5, 0.6) is 0 Å². The Labute approximate surface area is 193 Å². The first-order valence-electron chi connectivity index (χ1n) is 11.2. The summed E-state index contributed by atoms with van der Waals surface area (Å²) in [5.41, 5.74) is 2.12. The molecule has 0 spiro atoms. The first-order chi connectivity index (χ1) is 15.7. The minimum absolute atomic E-state index is 0.0139. The number of carbonyl (C=O) groups excluding carboxylic acids is 1. The summed E-state index contributed by atoms with van der Waals surface area (Å²) >= 11 is 0. The molecule has 1 aliphatic heterocycles. The Bertz CT molecular complexity index is 1140. The minimum Gasteiger partial charge on any atom is -0.333 e. The molecule has 1 aliphatic rings. The molecule has 0 bridgehead atoms. The van der Waals surface area contributed by atoms with Crippen molar-refractivity contribution in [3.63, 3.8) is 0 Å². The molecular weight excluding hydrogens is 421 g/mol. The number of imidazole rings is 1. The number of carbonyl (C=O) groups is 1. The molecule has 0 unspecified atom stereocenters. The van der Waals surface area contributed by atoms with Crippen LogP contribution < -0.4 is 10.6 Å². The summed E-state index contributed by atoms with van der Waals surface area (Å²) in [6.07, 6.45) is 2.78. The van der Waals surface area contributed by atoms with Crippen LogP contribution in [-0.4, -0.2) is 55.5 Å². The quantitative estimate of drug-likeness (QED) is 0.611. The molecule has 2 aromatic heterocycles. The van der Waals surface area contributed by atoms with Gasteiger partial charge in [-0.3, -0.25) is 4.79 Å². The highest BCUT2D eigenvalue weighted by atomic mass is 19.1. The van der Waals surface area contributed by atoms with Crippen molar-refractivity contribution in [3.05, 3.63) is 53.9 Å². The molecular formula is C24H30FN7O. The van der Waals surface area contributed by atoms with Gasteiger partial charge in [0.15, 0.2) is 5.82 Å². The van der Waals surface area contributed by atoms with Crippen LogP contribution >= 0.6 is 0 Å². The van der Waals surface area contributed by atoms with E-state index in [2.05, 4.69) is 32.5 Å². The highest BCUT2D eigenvalue weighted by Crippen LogP contribution is 2.26. The zero-order chi connectivity index (χ0) is 23.7. The lowest BCUT2D eigenvalue weighted by Gasteiger charge is -2.37. The van der Waals surface area contributed by atoms with Gasteiger partial charge in [0.1, 0.15) is 11.5 Å². The number of piperazine rings is 1. The van der Waals surface area contributed by atoms with E-state index in [4.69, 9.17) is 0 Å². The first kappa shape index (κ1) is 22.8. The minimum atomic E-state index is -0.511. The van der Waals surface area contributed by atoms with Gasteiger partial charge in [0.05, 0.1) is 18.1 Å². The molecule has 1 fully saturated rings. The van der Waals surface area contributed by atoms with Crippen LogP contribution in [-0.2, 0) is 0 Å². The smallest absolute Gasteiger partial charge is 0.254 e. The number of aromatic nitrogens is 4. The number of anilines is 2. The molecule has 4 rings (SSSR count). The largest absolute Gasteiger partial charge is 0.333 e. The summed E-state index contributed by atoms with van der Waals surface area (Å²) in [6, 6.07) is 7.70. The standard InChI is InChI=1S/C24H30FN7O/c1-14(2)32-17(5)27-12-21(32)22-20(25)11-28-24(30-22)29-19-8-6-18(7-9-19)23(33)31-13-15(3)26-10-16(31)4/h6-9,11-12,14-16,26H,10,13H2,1-5H3,(H,28,29,30)/t15-,16+/m1/s1. The third-order valence-corrected chi connectivity index (χ3v) is 5.90. The summed E-state index contributed by atoms with van der Waals surface area (Å²) in [7, 11) is 0. The molecule has 2 atom stereocenters. The van der Waals surface area contributed by atoms with Crippen molar-refractivity contribution in [2.24, 2.45) is 0 Å². The van der Waals surface area contributed by atoms with Crippen LogP contribution in [0.15, 0.2) is 36.7 Å².